The summed E-state index contributed by atoms with van der Waals surface area (Å²) < 4.78 is 13.2. The number of nitrogens with two attached hydrogens (primary N) is 1. The number of guanidine groups is 1. The van der Waals surface area contributed by atoms with Crippen molar-refractivity contribution in [1.29, 1.82) is 0 Å². The lowest BCUT2D eigenvalue weighted by Gasteiger charge is -2.26. The van der Waals surface area contributed by atoms with E-state index in [4.69, 9.17) is 5.73 Å². The van der Waals surface area contributed by atoms with Crippen molar-refractivity contribution in [3.63, 3.8) is 0 Å². The van der Waals surface area contributed by atoms with E-state index in [-0.39, 0.29) is 23.3 Å². The van der Waals surface area contributed by atoms with Crippen molar-refractivity contribution in [3.8, 4) is 17.0 Å². The number of likely N-dealkylation sites (N-methyl/N-ethyl adjacent to an activating group) is 1. The Balaban J connectivity index is 1.98. The first-order valence-electron chi connectivity index (χ1n) is 8.34. The molecule has 0 aliphatic carbocycles. The largest absolute Gasteiger partial charge is 0.507 e. The van der Waals surface area contributed by atoms with E-state index in [0.29, 0.717) is 22.4 Å². The van der Waals surface area contributed by atoms with Crippen LogP contribution in [0.5, 0.6) is 5.75 Å². The van der Waals surface area contributed by atoms with Gasteiger partial charge in [0.25, 0.3) is 5.91 Å². The average molecular weight is 397 g/mol. The molecule has 0 fully saturated rings. The Kier molecular flexibility index (Phi) is 4.31. The lowest BCUT2D eigenvalue weighted by atomic mass is 9.82. The number of nitrogens with zero attached hydrogens (tertiary/aromatic N) is 4. The number of halogens is 1. The predicted octanol–water partition coefficient (Wildman–Crippen LogP) is 2.41. The van der Waals surface area contributed by atoms with Crippen molar-refractivity contribution in [2.45, 2.75) is 12.2 Å². The molecule has 7 nitrogen and oxygen atoms in total. The van der Waals surface area contributed by atoms with Crippen LogP contribution in [0.3, 0.4) is 0 Å². The smallest absolute Gasteiger partial charge is 0.266 e. The first-order valence-corrected chi connectivity index (χ1v) is 9.28. The van der Waals surface area contributed by atoms with Crippen LogP contribution in [0.15, 0.2) is 52.4 Å². The van der Waals surface area contributed by atoms with Crippen molar-refractivity contribution < 1.29 is 14.3 Å². The van der Waals surface area contributed by atoms with E-state index < -0.39 is 12.2 Å². The number of aliphatic imine (C=N–C) groups is 1. The highest BCUT2D eigenvalue weighted by atomic mass is 32.1. The number of benzene rings is 1. The van der Waals surface area contributed by atoms with Gasteiger partial charge in [-0.25, -0.2) is 14.4 Å². The Morgan fingerprint density at radius 3 is 2.68 bits per heavy atom. The van der Waals surface area contributed by atoms with Gasteiger partial charge in [-0.3, -0.25) is 14.7 Å². The summed E-state index contributed by atoms with van der Waals surface area (Å²) in [5.41, 5.74) is 8.28. The summed E-state index contributed by atoms with van der Waals surface area (Å²) in [6.45, 7) is -0.771. The number of alkyl halides is 1. The van der Waals surface area contributed by atoms with Crippen LogP contribution in [0, 0.1) is 0 Å². The third-order valence-corrected chi connectivity index (χ3v) is 5.32. The SMILES string of the molecule is CN1C(=O)C(c2ccnc(CF)c2)(c2ccc(O)c(-c3cscn3)c2)N=C1N. The molecule has 0 saturated carbocycles. The summed E-state index contributed by atoms with van der Waals surface area (Å²) >= 11 is 1.39. The van der Waals surface area contributed by atoms with E-state index in [0.717, 1.165) is 0 Å². The lowest BCUT2D eigenvalue weighted by molar-refractivity contribution is -0.129. The van der Waals surface area contributed by atoms with Crippen LogP contribution in [-0.4, -0.2) is 38.9 Å². The third-order valence-electron chi connectivity index (χ3n) is 4.73. The number of rotatable bonds is 4. The van der Waals surface area contributed by atoms with E-state index in [1.54, 1.807) is 29.1 Å². The van der Waals surface area contributed by atoms with Gasteiger partial charge in [0.1, 0.15) is 12.4 Å². The van der Waals surface area contributed by atoms with Crippen molar-refractivity contribution in [1.82, 2.24) is 14.9 Å². The van der Waals surface area contributed by atoms with Gasteiger partial charge in [0.05, 0.1) is 16.9 Å². The van der Waals surface area contributed by atoms with Gasteiger partial charge in [-0.2, -0.15) is 0 Å². The fourth-order valence-corrected chi connectivity index (χ4v) is 3.82. The minimum atomic E-state index is -1.50. The Hall–Kier alpha value is -3.33. The molecule has 3 heterocycles. The maximum Gasteiger partial charge on any atom is 0.266 e. The molecule has 0 bridgehead atoms. The van der Waals surface area contributed by atoms with E-state index >= 15 is 0 Å². The average Bonchev–Trinajstić information content (AvgIpc) is 3.32. The van der Waals surface area contributed by atoms with E-state index in [9.17, 15) is 14.3 Å². The molecule has 3 N–H and O–H groups in total. The van der Waals surface area contributed by atoms with Crippen LogP contribution in [-0.2, 0) is 17.0 Å². The highest BCUT2D eigenvalue weighted by molar-refractivity contribution is 7.07. The number of hydrogen-bond donors (Lipinski definition) is 2. The number of aromatic hydroxyl groups is 1. The van der Waals surface area contributed by atoms with Gasteiger partial charge in [-0.15, -0.1) is 11.3 Å². The molecule has 142 valence electrons. The molecule has 1 atom stereocenters. The minimum absolute atomic E-state index is 0.0275. The van der Waals surface area contributed by atoms with Gasteiger partial charge in [-0.05, 0) is 35.4 Å². The monoisotopic (exact) mass is 397 g/mol. The van der Waals surface area contributed by atoms with Gasteiger partial charge >= 0.3 is 0 Å². The van der Waals surface area contributed by atoms with E-state index in [1.807, 2.05) is 0 Å². The van der Waals surface area contributed by atoms with Crippen molar-refractivity contribution in [3.05, 3.63) is 64.2 Å². The Morgan fingerprint density at radius 2 is 2.04 bits per heavy atom. The predicted molar refractivity (Wildman–Crippen MR) is 103 cm³/mol. The second-order valence-electron chi connectivity index (χ2n) is 6.32. The lowest BCUT2D eigenvalue weighted by Crippen LogP contribution is -2.41. The zero-order valence-corrected chi connectivity index (χ0v) is 15.7. The van der Waals surface area contributed by atoms with Gasteiger partial charge in [0, 0.05) is 24.2 Å². The van der Waals surface area contributed by atoms with Crippen LogP contribution in [0.2, 0.25) is 0 Å². The van der Waals surface area contributed by atoms with Gasteiger partial charge in [0.15, 0.2) is 11.5 Å². The summed E-state index contributed by atoms with van der Waals surface area (Å²) in [5.74, 6) is -0.303. The summed E-state index contributed by atoms with van der Waals surface area (Å²) in [6.07, 6.45) is 1.44. The number of aromatic nitrogens is 2. The zero-order chi connectivity index (χ0) is 19.9. The number of carbonyl (C=O) groups is 1. The summed E-state index contributed by atoms with van der Waals surface area (Å²) in [4.78, 5) is 27.2. The minimum Gasteiger partial charge on any atom is -0.507 e. The van der Waals surface area contributed by atoms with Gasteiger partial charge < -0.3 is 10.8 Å². The molecule has 0 spiro atoms. The second-order valence-corrected chi connectivity index (χ2v) is 7.04. The molecule has 28 heavy (non-hydrogen) atoms. The van der Waals surface area contributed by atoms with Crippen LogP contribution >= 0.6 is 11.3 Å². The summed E-state index contributed by atoms with van der Waals surface area (Å²) in [7, 11) is 1.53. The molecule has 1 aliphatic rings. The molecular weight excluding hydrogens is 381 g/mol. The number of pyridine rings is 1. The maximum atomic E-state index is 13.3. The molecule has 0 saturated heterocycles. The molecule has 1 aromatic carbocycles. The van der Waals surface area contributed by atoms with Crippen molar-refractivity contribution in [2.24, 2.45) is 10.7 Å². The Morgan fingerprint density at radius 1 is 1.25 bits per heavy atom. The molecule has 0 radical (unpaired) electrons. The third kappa shape index (κ3) is 2.63. The van der Waals surface area contributed by atoms with Gasteiger partial charge in [0.2, 0.25) is 0 Å². The highest BCUT2D eigenvalue weighted by Gasteiger charge is 2.49. The molecule has 1 amide bonds. The topological polar surface area (TPSA) is 105 Å². The highest BCUT2D eigenvalue weighted by Crippen LogP contribution is 2.42. The first kappa shape index (κ1) is 18.1. The molecule has 1 aliphatic heterocycles. The van der Waals surface area contributed by atoms with Crippen LogP contribution in [0.25, 0.3) is 11.3 Å². The normalized spacial score (nSPS) is 19.1. The number of phenols is 1. The number of thiazole rings is 1. The molecule has 4 rings (SSSR count). The Bertz CT molecular complexity index is 1090. The number of carbonyl (C=O) groups excluding carboxylic acids is 1. The molecule has 1 unspecified atom stereocenters. The fraction of sp³-hybridized carbons (Fsp3) is 0.158. The second kappa shape index (κ2) is 6.68. The summed E-state index contributed by atoms with van der Waals surface area (Å²) in [5, 5.41) is 12.1. The van der Waals surface area contributed by atoms with Crippen LogP contribution in [0.1, 0.15) is 16.8 Å². The summed E-state index contributed by atoms with van der Waals surface area (Å²) in [6, 6.07) is 7.87. The van der Waals surface area contributed by atoms with Crippen molar-refractivity contribution >= 4 is 23.2 Å². The van der Waals surface area contributed by atoms with Crippen LogP contribution in [0.4, 0.5) is 4.39 Å². The Labute approximate surface area is 164 Å². The van der Waals surface area contributed by atoms with E-state index in [1.165, 1.54) is 41.6 Å². The van der Waals surface area contributed by atoms with Crippen LogP contribution < -0.4 is 5.73 Å². The maximum absolute atomic E-state index is 13.3. The number of amides is 1. The fourth-order valence-electron chi connectivity index (χ4n) is 3.27. The number of phenolic OH excluding ortho intramolecular Hbond substituents is 1. The molecule has 3 aromatic rings. The quantitative estimate of drug-likeness (QED) is 0.703. The van der Waals surface area contributed by atoms with E-state index in [2.05, 4.69) is 15.0 Å². The van der Waals surface area contributed by atoms with Gasteiger partial charge in [-0.1, -0.05) is 6.07 Å². The molecule has 9 heteroatoms. The number of hydrogen-bond acceptors (Lipinski definition) is 7. The first-order chi connectivity index (χ1) is 13.5. The molecule has 2 aromatic heterocycles. The van der Waals surface area contributed by atoms with Crippen molar-refractivity contribution in [2.75, 3.05) is 7.05 Å². The zero-order valence-electron chi connectivity index (χ0n) is 14.8. The molecular formula is C19H16FN5O2S. The standard InChI is InChI=1S/C19H16FN5O2S/c1-25-17(27)19(24-18(25)21,12-4-5-22-13(6-12)8-20)11-2-3-16(26)14(7-11)15-9-28-10-23-15/h2-7,9-10,26H,8H2,1H3,(H2,21,24).